The molecule has 1 N–H and O–H groups in total. The van der Waals surface area contributed by atoms with Gasteiger partial charge >= 0.3 is 0 Å². The molecule has 0 spiro atoms. The van der Waals surface area contributed by atoms with Gasteiger partial charge in [0.25, 0.3) is 5.91 Å². The maximum Gasteiger partial charge on any atom is 0.261 e. The van der Waals surface area contributed by atoms with E-state index in [0.29, 0.717) is 17.1 Å². The molecular weight excluding hydrogens is 362 g/mol. The second-order valence-corrected chi connectivity index (χ2v) is 9.10. The third-order valence-electron chi connectivity index (χ3n) is 4.69. The van der Waals surface area contributed by atoms with Crippen molar-refractivity contribution in [2.75, 3.05) is 19.6 Å². The maximum atomic E-state index is 12.5. The molecule has 0 radical (unpaired) electrons. The first-order chi connectivity index (χ1) is 11.7. The lowest BCUT2D eigenvalue weighted by atomic mass is 9.84. The number of fused-ring (bicyclic) bond motifs is 3. The van der Waals surface area contributed by atoms with Gasteiger partial charge in [-0.3, -0.25) is 4.79 Å². The van der Waals surface area contributed by atoms with Crippen molar-refractivity contribution in [3.8, 4) is 0 Å². The summed E-state index contributed by atoms with van der Waals surface area (Å²) in [6.45, 7) is 3.37. The molecule has 4 nitrogen and oxygen atoms in total. The molecule has 0 aromatic carbocycles. The van der Waals surface area contributed by atoms with E-state index in [-0.39, 0.29) is 5.91 Å². The molecule has 3 aliphatic heterocycles. The lowest BCUT2D eigenvalue weighted by molar-refractivity contribution is 0.0622. The SMILES string of the molecule is O=C(N[C@H]1CN2CCC1CC2)c1ccc(Sc2ccnc(Cl)c2)s1. The van der Waals surface area contributed by atoms with E-state index in [1.165, 1.54) is 37.3 Å². The van der Waals surface area contributed by atoms with Gasteiger partial charge in [-0.25, -0.2) is 4.98 Å². The number of pyridine rings is 1. The minimum Gasteiger partial charge on any atom is -0.347 e. The molecule has 2 aromatic heterocycles. The van der Waals surface area contributed by atoms with Gasteiger partial charge in [-0.15, -0.1) is 11.3 Å². The maximum absolute atomic E-state index is 12.5. The average molecular weight is 380 g/mol. The fraction of sp³-hybridized carbons (Fsp3) is 0.412. The monoisotopic (exact) mass is 379 g/mol. The van der Waals surface area contributed by atoms with E-state index < -0.39 is 0 Å². The van der Waals surface area contributed by atoms with Crippen molar-refractivity contribution in [1.29, 1.82) is 0 Å². The smallest absolute Gasteiger partial charge is 0.261 e. The summed E-state index contributed by atoms with van der Waals surface area (Å²) in [7, 11) is 0. The number of rotatable bonds is 4. The Morgan fingerprint density at radius 3 is 2.88 bits per heavy atom. The summed E-state index contributed by atoms with van der Waals surface area (Å²) in [6.07, 6.45) is 4.11. The predicted octanol–water partition coefficient (Wildman–Crippen LogP) is 3.77. The molecule has 0 aliphatic carbocycles. The summed E-state index contributed by atoms with van der Waals surface area (Å²) < 4.78 is 1.08. The molecule has 5 rings (SSSR count). The number of amides is 1. The van der Waals surface area contributed by atoms with E-state index in [2.05, 4.69) is 15.2 Å². The van der Waals surface area contributed by atoms with Crippen LogP contribution in [0.1, 0.15) is 22.5 Å². The zero-order valence-electron chi connectivity index (χ0n) is 13.1. The highest BCUT2D eigenvalue weighted by atomic mass is 35.5. The molecule has 5 heterocycles. The Labute approximate surface area is 154 Å². The highest BCUT2D eigenvalue weighted by molar-refractivity contribution is 8.01. The number of hydrogen-bond acceptors (Lipinski definition) is 5. The van der Waals surface area contributed by atoms with Gasteiger partial charge in [-0.2, -0.15) is 0 Å². The van der Waals surface area contributed by atoms with Crippen LogP contribution in [0.3, 0.4) is 0 Å². The van der Waals surface area contributed by atoms with Gasteiger partial charge in [0.15, 0.2) is 0 Å². The Kier molecular flexibility index (Phi) is 4.81. The van der Waals surface area contributed by atoms with Crippen LogP contribution in [-0.4, -0.2) is 41.5 Å². The zero-order valence-corrected chi connectivity index (χ0v) is 15.5. The number of piperidine rings is 3. The predicted molar refractivity (Wildman–Crippen MR) is 98.1 cm³/mol. The molecule has 2 aromatic rings. The van der Waals surface area contributed by atoms with E-state index in [4.69, 9.17) is 11.6 Å². The van der Waals surface area contributed by atoms with E-state index in [1.807, 2.05) is 24.3 Å². The lowest BCUT2D eigenvalue weighted by Gasteiger charge is -2.44. The summed E-state index contributed by atoms with van der Waals surface area (Å²) in [5.74, 6) is 0.699. The number of halogens is 1. The number of hydrogen-bond donors (Lipinski definition) is 1. The molecule has 0 saturated carbocycles. The molecule has 3 aliphatic rings. The lowest BCUT2D eigenvalue weighted by Crippen LogP contribution is -2.57. The van der Waals surface area contributed by atoms with Crippen molar-refractivity contribution in [1.82, 2.24) is 15.2 Å². The summed E-state index contributed by atoms with van der Waals surface area (Å²) in [6, 6.07) is 7.96. The van der Waals surface area contributed by atoms with Crippen LogP contribution in [0.4, 0.5) is 0 Å². The topological polar surface area (TPSA) is 45.2 Å². The number of carbonyl (C=O) groups excluding carboxylic acids is 1. The number of carbonyl (C=O) groups is 1. The number of nitrogens with zero attached hydrogens (tertiary/aromatic N) is 2. The van der Waals surface area contributed by atoms with Crippen LogP contribution >= 0.6 is 34.7 Å². The van der Waals surface area contributed by atoms with Crippen LogP contribution in [0.15, 0.2) is 39.6 Å². The molecule has 0 unspecified atom stereocenters. The van der Waals surface area contributed by atoms with Gasteiger partial charge < -0.3 is 10.2 Å². The van der Waals surface area contributed by atoms with Crippen LogP contribution in [0.5, 0.6) is 0 Å². The highest BCUT2D eigenvalue weighted by Crippen LogP contribution is 2.34. The third kappa shape index (κ3) is 3.61. The van der Waals surface area contributed by atoms with Gasteiger partial charge in [0.2, 0.25) is 0 Å². The minimum atomic E-state index is 0.0540. The summed E-state index contributed by atoms with van der Waals surface area (Å²) in [4.78, 5) is 20.8. The first-order valence-electron chi connectivity index (χ1n) is 8.10. The number of nitrogens with one attached hydrogen (secondary N) is 1. The van der Waals surface area contributed by atoms with Crippen molar-refractivity contribution in [2.24, 2.45) is 5.92 Å². The van der Waals surface area contributed by atoms with Crippen LogP contribution in [0.25, 0.3) is 0 Å². The summed E-state index contributed by atoms with van der Waals surface area (Å²) in [5.41, 5.74) is 0. The van der Waals surface area contributed by atoms with Crippen molar-refractivity contribution in [3.63, 3.8) is 0 Å². The fourth-order valence-electron chi connectivity index (χ4n) is 3.43. The van der Waals surface area contributed by atoms with Crippen molar-refractivity contribution in [3.05, 3.63) is 40.5 Å². The quantitative estimate of drug-likeness (QED) is 0.821. The average Bonchev–Trinajstić information content (AvgIpc) is 3.05. The van der Waals surface area contributed by atoms with Crippen molar-refractivity contribution < 1.29 is 4.79 Å². The van der Waals surface area contributed by atoms with Gasteiger partial charge in [-0.05, 0) is 56.1 Å². The second kappa shape index (κ2) is 7.04. The number of thiophene rings is 1. The molecule has 3 fully saturated rings. The van der Waals surface area contributed by atoms with Gasteiger partial charge in [0.05, 0.1) is 9.09 Å². The van der Waals surface area contributed by atoms with Gasteiger partial charge in [-0.1, -0.05) is 23.4 Å². The number of aromatic nitrogens is 1. The van der Waals surface area contributed by atoms with E-state index in [9.17, 15) is 4.79 Å². The minimum absolute atomic E-state index is 0.0540. The van der Waals surface area contributed by atoms with Crippen LogP contribution < -0.4 is 5.32 Å². The molecule has 1 atom stereocenters. The molecule has 3 saturated heterocycles. The van der Waals surface area contributed by atoms with E-state index >= 15 is 0 Å². The van der Waals surface area contributed by atoms with Gasteiger partial charge in [0.1, 0.15) is 5.15 Å². The standard InChI is InChI=1S/C17H18ClN3OS2/c18-15-9-12(3-6-19-15)23-16-2-1-14(24-16)17(22)20-13-10-21-7-4-11(13)5-8-21/h1-3,6,9,11,13H,4-5,7-8,10H2,(H,20,22)/t13-/m0/s1. The molecule has 1 amide bonds. The highest BCUT2D eigenvalue weighted by Gasteiger charge is 2.35. The van der Waals surface area contributed by atoms with Crippen molar-refractivity contribution >= 4 is 40.6 Å². The molecule has 24 heavy (non-hydrogen) atoms. The summed E-state index contributed by atoms with van der Waals surface area (Å²) in [5, 5.41) is 3.73. The first kappa shape index (κ1) is 16.4. The van der Waals surface area contributed by atoms with Crippen molar-refractivity contribution in [2.45, 2.75) is 28.0 Å². The van der Waals surface area contributed by atoms with E-state index in [1.54, 1.807) is 18.0 Å². The van der Waals surface area contributed by atoms with E-state index in [0.717, 1.165) is 20.5 Å². The normalized spacial score (nSPS) is 25.6. The molecule has 7 heteroatoms. The second-order valence-electron chi connectivity index (χ2n) is 6.25. The Hall–Kier alpha value is -1.08. The summed E-state index contributed by atoms with van der Waals surface area (Å²) >= 11 is 9.05. The Bertz CT molecular complexity index is 743. The van der Waals surface area contributed by atoms with Crippen LogP contribution in [0, 0.1) is 5.92 Å². The zero-order chi connectivity index (χ0) is 16.5. The largest absolute Gasteiger partial charge is 0.347 e. The van der Waals surface area contributed by atoms with Crippen LogP contribution in [0.2, 0.25) is 5.15 Å². The van der Waals surface area contributed by atoms with Gasteiger partial charge in [0, 0.05) is 23.7 Å². The molecule has 2 bridgehead atoms. The van der Waals surface area contributed by atoms with Crippen LogP contribution in [-0.2, 0) is 0 Å². The Morgan fingerprint density at radius 1 is 1.33 bits per heavy atom. The Morgan fingerprint density at radius 2 is 2.17 bits per heavy atom. The Balaban J connectivity index is 1.40. The third-order valence-corrected chi connectivity index (χ3v) is 7.11. The molecular formula is C17H18ClN3OS2. The molecule has 126 valence electrons. The first-order valence-corrected chi connectivity index (χ1v) is 10.1. The fourth-order valence-corrected chi connectivity index (χ4v) is 5.70.